The first-order chi connectivity index (χ1) is 6.63. The fraction of sp³-hybridized carbons (Fsp3) is 0.833. The van der Waals surface area contributed by atoms with Gasteiger partial charge in [-0.1, -0.05) is 13.8 Å². The number of rotatable bonds is 4. The minimum atomic E-state index is 0.183. The zero-order valence-corrected chi connectivity index (χ0v) is 9.21. The molecule has 1 rings (SSSR count). The maximum atomic E-state index is 11.4. The van der Waals surface area contributed by atoms with Gasteiger partial charge in [0.1, 0.15) is 11.6 Å². The van der Waals surface area contributed by atoms with Crippen LogP contribution >= 0.6 is 0 Å². The van der Waals surface area contributed by atoms with Gasteiger partial charge in [-0.3, -0.25) is 9.59 Å². The van der Waals surface area contributed by atoms with Gasteiger partial charge in [-0.05, 0) is 25.2 Å². The van der Waals surface area contributed by atoms with E-state index < -0.39 is 0 Å². The Hall–Kier alpha value is -0.660. The molecule has 2 unspecified atom stereocenters. The summed E-state index contributed by atoms with van der Waals surface area (Å²) in [7, 11) is 0. The molecule has 0 aromatic heterocycles. The molecule has 1 aliphatic carbocycles. The van der Waals surface area contributed by atoms with E-state index in [1.54, 1.807) is 0 Å². The van der Waals surface area contributed by atoms with Gasteiger partial charge in [-0.25, -0.2) is 0 Å². The van der Waals surface area contributed by atoms with Crippen molar-refractivity contribution >= 4 is 11.6 Å². The fourth-order valence-corrected chi connectivity index (χ4v) is 2.23. The van der Waals surface area contributed by atoms with Crippen molar-refractivity contribution in [1.29, 1.82) is 0 Å². The summed E-state index contributed by atoms with van der Waals surface area (Å²) in [5.41, 5.74) is 0. The van der Waals surface area contributed by atoms with E-state index in [1.165, 1.54) is 0 Å². The molecule has 2 heteroatoms. The molecule has 1 fully saturated rings. The maximum absolute atomic E-state index is 11.4. The van der Waals surface area contributed by atoms with Crippen molar-refractivity contribution in [2.45, 2.75) is 52.4 Å². The summed E-state index contributed by atoms with van der Waals surface area (Å²) in [5.74, 6) is 1.41. The molecule has 1 saturated carbocycles. The van der Waals surface area contributed by atoms with E-state index >= 15 is 0 Å². The molecule has 0 amide bonds. The highest BCUT2D eigenvalue weighted by molar-refractivity contribution is 5.82. The van der Waals surface area contributed by atoms with Gasteiger partial charge in [0.05, 0.1) is 0 Å². The van der Waals surface area contributed by atoms with Crippen LogP contribution in [0.2, 0.25) is 0 Å². The summed E-state index contributed by atoms with van der Waals surface area (Å²) in [6, 6.07) is 0. The van der Waals surface area contributed by atoms with Crippen LogP contribution in [0.4, 0.5) is 0 Å². The number of hydrogen-bond acceptors (Lipinski definition) is 2. The second-order valence-corrected chi connectivity index (χ2v) is 4.50. The molecule has 0 bridgehead atoms. The minimum Gasteiger partial charge on any atom is -0.300 e. The van der Waals surface area contributed by atoms with Crippen molar-refractivity contribution in [2.24, 2.45) is 11.8 Å². The molecule has 2 atom stereocenters. The molecule has 0 N–H and O–H groups in total. The Labute approximate surface area is 86.1 Å². The first-order valence-corrected chi connectivity index (χ1v) is 5.68. The highest BCUT2D eigenvalue weighted by Crippen LogP contribution is 2.28. The standard InChI is InChI=1S/C12H20O2/c1-3-4-11(13)8-10-5-6-12(14)9(2)7-10/h9-10H,3-8H2,1-2H3. The summed E-state index contributed by atoms with van der Waals surface area (Å²) >= 11 is 0. The van der Waals surface area contributed by atoms with Crippen LogP contribution in [0.3, 0.4) is 0 Å². The van der Waals surface area contributed by atoms with Gasteiger partial charge in [-0.15, -0.1) is 0 Å². The van der Waals surface area contributed by atoms with Crippen LogP contribution in [0.5, 0.6) is 0 Å². The van der Waals surface area contributed by atoms with E-state index in [0.29, 0.717) is 36.7 Å². The Morgan fingerprint density at radius 3 is 2.79 bits per heavy atom. The highest BCUT2D eigenvalue weighted by Gasteiger charge is 2.26. The third kappa shape index (κ3) is 3.24. The quantitative estimate of drug-likeness (QED) is 0.692. The topological polar surface area (TPSA) is 34.1 Å². The van der Waals surface area contributed by atoms with Crippen molar-refractivity contribution in [3.05, 3.63) is 0 Å². The largest absolute Gasteiger partial charge is 0.300 e. The van der Waals surface area contributed by atoms with Crippen LogP contribution in [0.1, 0.15) is 52.4 Å². The first kappa shape index (κ1) is 11.4. The summed E-state index contributed by atoms with van der Waals surface area (Å²) in [6.07, 6.45) is 4.89. The summed E-state index contributed by atoms with van der Waals surface area (Å²) in [6.45, 7) is 4.02. The Morgan fingerprint density at radius 1 is 1.50 bits per heavy atom. The average Bonchev–Trinajstić information content (AvgIpc) is 2.12. The molecule has 0 aromatic rings. The van der Waals surface area contributed by atoms with Gasteiger partial charge in [0.25, 0.3) is 0 Å². The van der Waals surface area contributed by atoms with Crippen LogP contribution in [-0.2, 0) is 9.59 Å². The lowest BCUT2D eigenvalue weighted by molar-refractivity contribution is -0.127. The molecule has 0 heterocycles. The number of carbonyl (C=O) groups excluding carboxylic acids is 2. The Morgan fingerprint density at radius 2 is 2.21 bits per heavy atom. The van der Waals surface area contributed by atoms with Crippen LogP contribution in [0.25, 0.3) is 0 Å². The number of Topliss-reactive ketones (excluding diaryl/α,β-unsaturated/α-hetero) is 2. The van der Waals surface area contributed by atoms with E-state index in [2.05, 4.69) is 0 Å². The molecule has 0 saturated heterocycles. The lowest BCUT2D eigenvalue weighted by atomic mass is 9.79. The Kier molecular flexibility index (Phi) is 4.30. The van der Waals surface area contributed by atoms with Crippen molar-refractivity contribution in [2.75, 3.05) is 0 Å². The summed E-state index contributed by atoms with van der Waals surface area (Å²) < 4.78 is 0. The molecule has 14 heavy (non-hydrogen) atoms. The summed E-state index contributed by atoms with van der Waals surface area (Å²) in [4.78, 5) is 22.7. The molecule has 0 spiro atoms. The van der Waals surface area contributed by atoms with Gasteiger partial charge >= 0.3 is 0 Å². The van der Waals surface area contributed by atoms with E-state index in [-0.39, 0.29) is 5.92 Å². The van der Waals surface area contributed by atoms with Gasteiger partial charge < -0.3 is 0 Å². The van der Waals surface area contributed by atoms with Gasteiger partial charge in [0.2, 0.25) is 0 Å². The first-order valence-electron chi connectivity index (χ1n) is 5.68. The third-order valence-corrected chi connectivity index (χ3v) is 3.08. The minimum absolute atomic E-state index is 0.183. The second kappa shape index (κ2) is 5.28. The Balaban J connectivity index is 2.32. The predicted molar refractivity (Wildman–Crippen MR) is 56.0 cm³/mol. The molecule has 80 valence electrons. The average molecular weight is 196 g/mol. The molecular weight excluding hydrogens is 176 g/mol. The molecular formula is C12H20O2. The van der Waals surface area contributed by atoms with E-state index in [0.717, 1.165) is 19.3 Å². The number of ketones is 2. The van der Waals surface area contributed by atoms with Gasteiger partial charge in [0, 0.05) is 25.2 Å². The van der Waals surface area contributed by atoms with Crippen molar-refractivity contribution < 1.29 is 9.59 Å². The zero-order valence-electron chi connectivity index (χ0n) is 9.21. The maximum Gasteiger partial charge on any atom is 0.135 e. The van der Waals surface area contributed by atoms with Crippen LogP contribution in [0.15, 0.2) is 0 Å². The van der Waals surface area contributed by atoms with E-state index in [9.17, 15) is 9.59 Å². The molecule has 2 nitrogen and oxygen atoms in total. The van der Waals surface area contributed by atoms with Crippen molar-refractivity contribution in [3.8, 4) is 0 Å². The fourth-order valence-electron chi connectivity index (χ4n) is 2.23. The molecule has 0 aliphatic heterocycles. The third-order valence-electron chi connectivity index (χ3n) is 3.08. The monoisotopic (exact) mass is 196 g/mol. The second-order valence-electron chi connectivity index (χ2n) is 4.50. The van der Waals surface area contributed by atoms with Gasteiger partial charge in [-0.2, -0.15) is 0 Å². The van der Waals surface area contributed by atoms with Crippen molar-refractivity contribution in [1.82, 2.24) is 0 Å². The van der Waals surface area contributed by atoms with Gasteiger partial charge in [0.15, 0.2) is 0 Å². The predicted octanol–water partition coefficient (Wildman–Crippen LogP) is 2.75. The van der Waals surface area contributed by atoms with Crippen LogP contribution in [-0.4, -0.2) is 11.6 Å². The van der Waals surface area contributed by atoms with E-state index in [1.807, 2.05) is 13.8 Å². The molecule has 0 radical (unpaired) electrons. The van der Waals surface area contributed by atoms with E-state index in [4.69, 9.17) is 0 Å². The lowest BCUT2D eigenvalue weighted by Crippen LogP contribution is -2.24. The number of hydrogen-bond donors (Lipinski definition) is 0. The highest BCUT2D eigenvalue weighted by atomic mass is 16.1. The van der Waals surface area contributed by atoms with Crippen molar-refractivity contribution in [3.63, 3.8) is 0 Å². The number of carbonyl (C=O) groups is 2. The Bertz CT molecular complexity index is 220. The molecule has 1 aliphatic rings. The molecule has 0 aromatic carbocycles. The van der Waals surface area contributed by atoms with Crippen LogP contribution in [0, 0.1) is 11.8 Å². The van der Waals surface area contributed by atoms with Crippen LogP contribution < -0.4 is 0 Å². The SMILES string of the molecule is CCCC(=O)CC1CCC(=O)C(C)C1. The smallest absolute Gasteiger partial charge is 0.135 e. The summed E-state index contributed by atoms with van der Waals surface area (Å²) in [5, 5.41) is 0. The zero-order chi connectivity index (χ0) is 10.6. The normalized spacial score (nSPS) is 27.7. The lowest BCUT2D eigenvalue weighted by Gasteiger charge is -2.25.